The van der Waals surface area contributed by atoms with Crippen LogP contribution >= 0.6 is 11.6 Å². The number of hydrogen-bond donors (Lipinski definition) is 1. The van der Waals surface area contributed by atoms with Crippen LogP contribution in [-0.2, 0) is 11.2 Å². The highest BCUT2D eigenvalue weighted by atomic mass is 35.5. The lowest BCUT2D eigenvalue weighted by atomic mass is 10.1. The monoisotopic (exact) mass is 394 g/mol. The summed E-state index contributed by atoms with van der Waals surface area (Å²) in [5.41, 5.74) is 2.21. The molecule has 0 saturated carbocycles. The number of halogens is 1. The van der Waals surface area contributed by atoms with Crippen molar-refractivity contribution in [1.82, 2.24) is 9.97 Å². The van der Waals surface area contributed by atoms with Gasteiger partial charge in [0, 0.05) is 36.3 Å². The lowest BCUT2D eigenvalue weighted by Gasteiger charge is -2.28. The highest BCUT2D eigenvalue weighted by molar-refractivity contribution is 6.30. The van der Waals surface area contributed by atoms with E-state index in [1.54, 1.807) is 0 Å². The maximum atomic E-state index is 6.08. The van der Waals surface area contributed by atoms with E-state index < -0.39 is 0 Å². The van der Waals surface area contributed by atoms with Gasteiger partial charge in [-0.2, -0.15) is 0 Å². The van der Waals surface area contributed by atoms with Crippen molar-refractivity contribution in [2.24, 2.45) is 0 Å². The second kappa shape index (κ2) is 9.04. The third kappa shape index (κ3) is 4.80. The van der Waals surface area contributed by atoms with Gasteiger partial charge in [-0.1, -0.05) is 54.1 Å². The van der Waals surface area contributed by atoms with Crippen LogP contribution < -0.4 is 10.2 Å². The molecule has 1 aliphatic heterocycles. The standard InChI is InChI=1S/C22H23ClN4O/c23-19-8-4-5-17(15-19)9-10-24-20-16-21(27-11-13-28-14-12-27)26-22(25-20)18-6-2-1-3-7-18/h1-8,15-16H,9-14H2,(H,24,25,26). The Morgan fingerprint density at radius 2 is 1.79 bits per heavy atom. The maximum absolute atomic E-state index is 6.08. The minimum absolute atomic E-state index is 0.724. The van der Waals surface area contributed by atoms with Gasteiger partial charge in [0.05, 0.1) is 13.2 Å². The van der Waals surface area contributed by atoms with Crippen molar-refractivity contribution in [1.29, 1.82) is 0 Å². The van der Waals surface area contributed by atoms with Crippen molar-refractivity contribution in [2.75, 3.05) is 43.1 Å². The van der Waals surface area contributed by atoms with E-state index >= 15 is 0 Å². The van der Waals surface area contributed by atoms with Gasteiger partial charge in [0.25, 0.3) is 0 Å². The van der Waals surface area contributed by atoms with E-state index in [1.807, 2.05) is 54.6 Å². The molecule has 2 heterocycles. The second-order valence-electron chi connectivity index (χ2n) is 6.71. The van der Waals surface area contributed by atoms with Crippen molar-refractivity contribution >= 4 is 23.2 Å². The zero-order valence-electron chi connectivity index (χ0n) is 15.6. The summed E-state index contributed by atoms with van der Waals surface area (Å²) >= 11 is 6.08. The Morgan fingerprint density at radius 1 is 0.964 bits per heavy atom. The summed E-state index contributed by atoms with van der Waals surface area (Å²) in [5.74, 6) is 2.50. The van der Waals surface area contributed by atoms with Gasteiger partial charge in [0.15, 0.2) is 5.82 Å². The molecule has 1 saturated heterocycles. The first-order chi connectivity index (χ1) is 13.8. The summed E-state index contributed by atoms with van der Waals surface area (Å²) in [6.45, 7) is 3.90. The van der Waals surface area contributed by atoms with Gasteiger partial charge >= 0.3 is 0 Å². The number of nitrogens with zero attached hydrogens (tertiary/aromatic N) is 3. The summed E-state index contributed by atoms with van der Waals surface area (Å²) in [7, 11) is 0. The quantitative estimate of drug-likeness (QED) is 0.676. The number of hydrogen-bond acceptors (Lipinski definition) is 5. The smallest absolute Gasteiger partial charge is 0.163 e. The molecule has 0 atom stereocenters. The number of morpholine rings is 1. The van der Waals surface area contributed by atoms with Crippen molar-refractivity contribution in [3.05, 3.63) is 71.2 Å². The zero-order chi connectivity index (χ0) is 19.2. The van der Waals surface area contributed by atoms with Crippen LogP contribution in [0.15, 0.2) is 60.7 Å². The summed E-state index contributed by atoms with van der Waals surface area (Å²) in [4.78, 5) is 11.8. The molecule has 28 heavy (non-hydrogen) atoms. The van der Waals surface area contributed by atoms with Gasteiger partial charge in [0.1, 0.15) is 11.6 Å². The van der Waals surface area contributed by atoms with E-state index in [4.69, 9.17) is 26.3 Å². The summed E-state index contributed by atoms with van der Waals surface area (Å²) in [6, 6.07) is 20.1. The van der Waals surface area contributed by atoms with Crippen LogP contribution in [0.3, 0.4) is 0 Å². The summed E-state index contributed by atoms with van der Waals surface area (Å²) in [6.07, 6.45) is 0.873. The van der Waals surface area contributed by atoms with Crippen LogP contribution in [0.4, 0.5) is 11.6 Å². The fourth-order valence-corrected chi connectivity index (χ4v) is 3.44. The van der Waals surface area contributed by atoms with Crippen molar-refractivity contribution in [3.8, 4) is 11.4 Å². The van der Waals surface area contributed by atoms with Crippen LogP contribution in [0.25, 0.3) is 11.4 Å². The molecular formula is C22H23ClN4O. The largest absolute Gasteiger partial charge is 0.378 e. The Morgan fingerprint density at radius 3 is 2.57 bits per heavy atom. The number of ether oxygens (including phenoxy) is 1. The van der Waals surface area contributed by atoms with Gasteiger partial charge in [-0.3, -0.25) is 0 Å². The third-order valence-electron chi connectivity index (χ3n) is 4.69. The van der Waals surface area contributed by atoms with Crippen molar-refractivity contribution in [2.45, 2.75) is 6.42 Å². The molecule has 0 radical (unpaired) electrons. The van der Waals surface area contributed by atoms with Gasteiger partial charge in [-0.25, -0.2) is 9.97 Å². The normalized spacial score (nSPS) is 14.1. The molecule has 2 aromatic carbocycles. The van der Waals surface area contributed by atoms with Gasteiger partial charge < -0.3 is 15.0 Å². The zero-order valence-corrected chi connectivity index (χ0v) is 16.4. The molecule has 1 aromatic heterocycles. The van der Waals surface area contributed by atoms with Crippen LogP contribution in [0.2, 0.25) is 5.02 Å². The molecule has 0 spiro atoms. The van der Waals surface area contributed by atoms with Crippen molar-refractivity contribution in [3.63, 3.8) is 0 Å². The Kier molecular flexibility index (Phi) is 6.04. The minimum atomic E-state index is 0.724. The fraction of sp³-hybridized carbons (Fsp3) is 0.273. The van der Waals surface area contributed by atoms with Crippen LogP contribution in [-0.4, -0.2) is 42.8 Å². The number of benzene rings is 2. The molecule has 0 bridgehead atoms. The molecule has 4 rings (SSSR count). The van der Waals surface area contributed by atoms with E-state index in [0.717, 1.165) is 67.3 Å². The average Bonchev–Trinajstić information content (AvgIpc) is 2.75. The molecule has 144 valence electrons. The summed E-state index contributed by atoms with van der Waals surface area (Å²) < 4.78 is 5.48. The highest BCUT2D eigenvalue weighted by Gasteiger charge is 2.15. The number of aromatic nitrogens is 2. The molecular weight excluding hydrogens is 372 g/mol. The fourth-order valence-electron chi connectivity index (χ4n) is 3.22. The Balaban J connectivity index is 1.54. The first-order valence-corrected chi connectivity index (χ1v) is 9.91. The molecule has 0 unspecified atom stereocenters. The minimum Gasteiger partial charge on any atom is -0.378 e. The van der Waals surface area contributed by atoms with E-state index in [-0.39, 0.29) is 0 Å². The second-order valence-corrected chi connectivity index (χ2v) is 7.14. The van der Waals surface area contributed by atoms with E-state index in [9.17, 15) is 0 Å². The predicted octanol–water partition coefficient (Wildman–Crippen LogP) is 4.29. The molecule has 0 amide bonds. The molecule has 1 aliphatic rings. The van der Waals surface area contributed by atoms with Crippen LogP contribution in [0, 0.1) is 0 Å². The first kappa shape index (κ1) is 18.7. The Bertz CT molecular complexity index is 913. The molecule has 6 heteroatoms. The third-order valence-corrected chi connectivity index (χ3v) is 4.92. The molecule has 5 nitrogen and oxygen atoms in total. The topological polar surface area (TPSA) is 50.3 Å². The van der Waals surface area contributed by atoms with Crippen LogP contribution in [0.1, 0.15) is 5.56 Å². The highest BCUT2D eigenvalue weighted by Crippen LogP contribution is 2.23. The molecule has 3 aromatic rings. The van der Waals surface area contributed by atoms with E-state index in [2.05, 4.69) is 16.3 Å². The lowest BCUT2D eigenvalue weighted by molar-refractivity contribution is 0.122. The van der Waals surface area contributed by atoms with Crippen LogP contribution in [0.5, 0.6) is 0 Å². The summed E-state index contributed by atoms with van der Waals surface area (Å²) in [5, 5.41) is 4.21. The Hall–Kier alpha value is -2.63. The Labute approximate surface area is 170 Å². The number of nitrogens with one attached hydrogen (secondary N) is 1. The first-order valence-electron chi connectivity index (χ1n) is 9.53. The number of anilines is 2. The lowest BCUT2D eigenvalue weighted by Crippen LogP contribution is -2.36. The van der Waals surface area contributed by atoms with E-state index in [0.29, 0.717) is 0 Å². The predicted molar refractivity (Wildman–Crippen MR) is 114 cm³/mol. The average molecular weight is 395 g/mol. The van der Waals surface area contributed by atoms with Crippen molar-refractivity contribution < 1.29 is 4.74 Å². The SMILES string of the molecule is Clc1cccc(CCNc2cc(N3CCOCC3)nc(-c3ccccc3)n2)c1. The number of rotatable bonds is 6. The van der Waals surface area contributed by atoms with Gasteiger partial charge in [-0.05, 0) is 24.1 Å². The van der Waals surface area contributed by atoms with E-state index in [1.165, 1.54) is 5.56 Å². The van der Waals surface area contributed by atoms with Gasteiger partial charge in [0.2, 0.25) is 0 Å². The molecule has 1 N–H and O–H groups in total. The molecule has 0 aliphatic carbocycles. The van der Waals surface area contributed by atoms with Gasteiger partial charge in [-0.15, -0.1) is 0 Å². The maximum Gasteiger partial charge on any atom is 0.163 e. The molecule has 1 fully saturated rings.